The van der Waals surface area contributed by atoms with Gasteiger partial charge >= 0.3 is 5.00 Å². The van der Waals surface area contributed by atoms with Crippen LogP contribution in [0.2, 0.25) is 15.1 Å². The monoisotopic (exact) mass is 324 g/mol. The summed E-state index contributed by atoms with van der Waals surface area (Å²) < 4.78 is 5.31. The summed E-state index contributed by atoms with van der Waals surface area (Å²) in [5.41, 5.74) is 0. The maximum atomic E-state index is 10.5. The fraction of sp³-hybridized carbons (Fsp3) is 0. The van der Waals surface area contributed by atoms with Crippen LogP contribution in [0.5, 0.6) is 10.9 Å². The smallest absolute Gasteiger partial charge is 0.347 e. The van der Waals surface area contributed by atoms with E-state index in [2.05, 4.69) is 4.98 Å². The van der Waals surface area contributed by atoms with E-state index >= 15 is 0 Å². The minimum absolute atomic E-state index is 0.0767. The quantitative estimate of drug-likeness (QED) is 0.600. The summed E-state index contributed by atoms with van der Waals surface area (Å²) in [7, 11) is 0. The van der Waals surface area contributed by atoms with Crippen LogP contribution < -0.4 is 4.74 Å². The SMILES string of the molecule is O=[N+]([O-])c1cnc(Oc2c(Cl)cc(Cl)cc2Cl)s1. The summed E-state index contributed by atoms with van der Waals surface area (Å²) in [4.78, 5) is 13.7. The van der Waals surface area contributed by atoms with E-state index in [9.17, 15) is 10.1 Å². The second-order valence-electron chi connectivity index (χ2n) is 3.02. The predicted molar refractivity (Wildman–Crippen MR) is 70.3 cm³/mol. The highest BCUT2D eigenvalue weighted by atomic mass is 35.5. The molecule has 0 spiro atoms. The standard InChI is InChI=1S/C9H3Cl3N2O3S/c10-4-1-5(11)8(6(12)2-4)17-9-13-3-7(18-9)14(15)16/h1-3H. The van der Waals surface area contributed by atoms with E-state index < -0.39 is 4.92 Å². The second kappa shape index (κ2) is 5.27. The Morgan fingerprint density at radius 1 is 1.28 bits per heavy atom. The molecule has 0 saturated carbocycles. The van der Waals surface area contributed by atoms with Crippen molar-refractivity contribution in [2.24, 2.45) is 0 Å². The zero-order chi connectivity index (χ0) is 13.3. The molecule has 0 aliphatic heterocycles. The number of rotatable bonds is 3. The summed E-state index contributed by atoms with van der Waals surface area (Å²) in [5.74, 6) is 0.159. The van der Waals surface area contributed by atoms with Gasteiger partial charge in [-0.15, -0.1) is 0 Å². The Bertz CT molecular complexity index is 594. The van der Waals surface area contributed by atoms with Gasteiger partial charge in [0.2, 0.25) is 0 Å². The number of hydrogen-bond acceptors (Lipinski definition) is 5. The highest BCUT2D eigenvalue weighted by Crippen LogP contribution is 2.40. The van der Waals surface area contributed by atoms with Crippen molar-refractivity contribution < 1.29 is 9.66 Å². The van der Waals surface area contributed by atoms with Gasteiger partial charge in [-0.3, -0.25) is 10.1 Å². The summed E-state index contributed by atoms with van der Waals surface area (Å²) in [6.07, 6.45) is 1.09. The van der Waals surface area contributed by atoms with Gasteiger partial charge in [0.1, 0.15) is 6.20 Å². The van der Waals surface area contributed by atoms with Gasteiger partial charge in [0.15, 0.2) is 5.75 Å². The summed E-state index contributed by atoms with van der Waals surface area (Å²) in [5, 5.41) is 11.2. The maximum Gasteiger partial charge on any atom is 0.347 e. The second-order valence-corrected chi connectivity index (χ2v) is 5.24. The van der Waals surface area contributed by atoms with Crippen LogP contribution in [-0.2, 0) is 0 Å². The molecule has 0 fully saturated rings. The number of ether oxygens (including phenoxy) is 1. The lowest BCUT2D eigenvalue weighted by molar-refractivity contribution is -0.380. The lowest BCUT2D eigenvalue weighted by atomic mass is 10.3. The van der Waals surface area contributed by atoms with E-state index in [1.54, 1.807) is 0 Å². The molecule has 0 amide bonds. The third-order valence-electron chi connectivity index (χ3n) is 1.80. The van der Waals surface area contributed by atoms with E-state index in [-0.39, 0.29) is 26.0 Å². The fourth-order valence-electron chi connectivity index (χ4n) is 1.10. The van der Waals surface area contributed by atoms with Gasteiger partial charge in [-0.1, -0.05) is 34.8 Å². The van der Waals surface area contributed by atoms with Crippen LogP contribution in [0.1, 0.15) is 0 Å². The van der Waals surface area contributed by atoms with Gasteiger partial charge < -0.3 is 4.74 Å². The largest absolute Gasteiger partial charge is 0.428 e. The molecular formula is C9H3Cl3N2O3S. The number of benzene rings is 1. The van der Waals surface area contributed by atoms with Crippen molar-refractivity contribution in [2.45, 2.75) is 0 Å². The molecule has 0 radical (unpaired) electrons. The van der Waals surface area contributed by atoms with Crippen molar-refractivity contribution in [3.05, 3.63) is 43.5 Å². The van der Waals surface area contributed by atoms with E-state index in [0.29, 0.717) is 5.02 Å². The van der Waals surface area contributed by atoms with Crippen LogP contribution in [0.4, 0.5) is 5.00 Å². The molecular weight excluding hydrogens is 323 g/mol. The molecule has 0 N–H and O–H groups in total. The molecule has 0 bridgehead atoms. The fourth-order valence-corrected chi connectivity index (χ4v) is 2.58. The lowest BCUT2D eigenvalue weighted by Crippen LogP contribution is -1.85. The highest BCUT2D eigenvalue weighted by Gasteiger charge is 2.16. The average Bonchev–Trinajstić information content (AvgIpc) is 2.71. The Morgan fingerprint density at radius 2 is 1.89 bits per heavy atom. The average molecular weight is 326 g/mol. The van der Waals surface area contributed by atoms with Gasteiger partial charge in [0, 0.05) is 5.02 Å². The Hall–Kier alpha value is -1.08. The van der Waals surface area contributed by atoms with Crippen molar-refractivity contribution in [1.82, 2.24) is 4.98 Å². The van der Waals surface area contributed by atoms with Crippen molar-refractivity contribution in [3.8, 4) is 10.9 Å². The molecule has 0 unspecified atom stereocenters. The Balaban J connectivity index is 2.31. The summed E-state index contributed by atoms with van der Waals surface area (Å²) in [6.45, 7) is 0. The molecule has 0 aliphatic carbocycles. The Labute approximate surface area is 120 Å². The predicted octanol–water partition coefficient (Wildman–Crippen LogP) is 4.80. The zero-order valence-electron chi connectivity index (χ0n) is 8.39. The molecule has 9 heteroatoms. The molecule has 1 heterocycles. The molecule has 94 valence electrons. The van der Waals surface area contributed by atoms with E-state index in [4.69, 9.17) is 39.5 Å². The van der Waals surface area contributed by atoms with Gasteiger partial charge in [-0.05, 0) is 23.5 Å². The summed E-state index contributed by atoms with van der Waals surface area (Å²) >= 11 is 18.3. The van der Waals surface area contributed by atoms with Crippen LogP contribution in [-0.4, -0.2) is 9.91 Å². The van der Waals surface area contributed by atoms with Crippen LogP contribution in [0.3, 0.4) is 0 Å². The topological polar surface area (TPSA) is 65.3 Å². The van der Waals surface area contributed by atoms with E-state index in [1.165, 1.54) is 12.1 Å². The first-order chi connectivity index (χ1) is 8.47. The number of nitro groups is 1. The van der Waals surface area contributed by atoms with Crippen LogP contribution in [0.15, 0.2) is 18.3 Å². The molecule has 2 rings (SSSR count). The third-order valence-corrected chi connectivity index (χ3v) is 3.41. The first-order valence-corrected chi connectivity index (χ1v) is 6.35. The Kier molecular flexibility index (Phi) is 3.91. The summed E-state index contributed by atoms with van der Waals surface area (Å²) in [6, 6.07) is 2.90. The normalized spacial score (nSPS) is 10.4. The minimum Gasteiger partial charge on any atom is -0.428 e. The van der Waals surface area contributed by atoms with Crippen molar-refractivity contribution in [3.63, 3.8) is 0 Å². The highest BCUT2D eigenvalue weighted by molar-refractivity contribution is 7.16. The van der Waals surface area contributed by atoms with E-state index in [1.807, 2.05) is 0 Å². The van der Waals surface area contributed by atoms with Gasteiger partial charge in [0.05, 0.1) is 15.0 Å². The first-order valence-electron chi connectivity index (χ1n) is 4.40. The van der Waals surface area contributed by atoms with Crippen molar-refractivity contribution >= 4 is 51.1 Å². The van der Waals surface area contributed by atoms with Crippen molar-refractivity contribution in [1.29, 1.82) is 0 Å². The molecule has 2 aromatic rings. The third kappa shape index (κ3) is 2.84. The van der Waals surface area contributed by atoms with Crippen LogP contribution >= 0.6 is 46.1 Å². The molecule has 1 aromatic heterocycles. The van der Waals surface area contributed by atoms with Gasteiger partial charge in [0.25, 0.3) is 5.19 Å². The molecule has 1 aromatic carbocycles. The number of halogens is 3. The minimum atomic E-state index is -0.560. The van der Waals surface area contributed by atoms with Crippen LogP contribution in [0.25, 0.3) is 0 Å². The number of thiazole rings is 1. The van der Waals surface area contributed by atoms with Gasteiger partial charge in [-0.2, -0.15) is 0 Å². The number of aromatic nitrogens is 1. The molecule has 18 heavy (non-hydrogen) atoms. The van der Waals surface area contributed by atoms with Crippen LogP contribution in [0, 0.1) is 10.1 Å². The lowest BCUT2D eigenvalue weighted by Gasteiger charge is -2.06. The number of nitrogens with zero attached hydrogens (tertiary/aromatic N) is 2. The van der Waals surface area contributed by atoms with E-state index in [0.717, 1.165) is 17.5 Å². The molecule has 0 aliphatic rings. The first kappa shape index (κ1) is 13.4. The van der Waals surface area contributed by atoms with Gasteiger partial charge in [-0.25, -0.2) is 4.98 Å². The van der Waals surface area contributed by atoms with Crippen molar-refractivity contribution in [2.75, 3.05) is 0 Å². The maximum absolute atomic E-state index is 10.5. The zero-order valence-corrected chi connectivity index (χ0v) is 11.5. The number of hydrogen-bond donors (Lipinski definition) is 0. The molecule has 0 saturated heterocycles. The molecule has 5 nitrogen and oxygen atoms in total. The Morgan fingerprint density at radius 3 is 2.39 bits per heavy atom. The molecule has 0 atom stereocenters.